The first kappa shape index (κ1) is 9.93. The van der Waals surface area contributed by atoms with E-state index in [1.807, 2.05) is 17.9 Å². The van der Waals surface area contributed by atoms with Crippen molar-refractivity contribution in [2.75, 3.05) is 0 Å². The zero-order valence-corrected chi connectivity index (χ0v) is 9.07. The van der Waals surface area contributed by atoms with Gasteiger partial charge in [0.05, 0.1) is 11.9 Å². The van der Waals surface area contributed by atoms with Gasteiger partial charge in [-0.25, -0.2) is 0 Å². The lowest BCUT2D eigenvalue weighted by atomic mass is 10.1. The van der Waals surface area contributed by atoms with Gasteiger partial charge in [0.2, 0.25) is 0 Å². The van der Waals surface area contributed by atoms with Gasteiger partial charge in [0.25, 0.3) is 0 Å². The van der Waals surface area contributed by atoms with Gasteiger partial charge in [-0.2, -0.15) is 5.10 Å². The molecule has 2 N–H and O–H groups in total. The molecule has 2 rings (SSSR count). The Labute approximate surface area is 89.5 Å². The second-order valence-corrected chi connectivity index (χ2v) is 3.70. The van der Waals surface area contributed by atoms with Crippen LogP contribution in [0.25, 0.3) is 11.1 Å². The fraction of sp³-hybridized carbons (Fsp3) is 0.250. The number of nitrogens with zero attached hydrogens (tertiary/aromatic N) is 2. The quantitative estimate of drug-likeness (QED) is 0.806. The van der Waals surface area contributed by atoms with Crippen molar-refractivity contribution in [1.29, 1.82) is 0 Å². The Kier molecular flexibility index (Phi) is 2.56. The van der Waals surface area contributed by atoms with Crippen molar-refractivity contribution in [1.82, 2.24) is 9.78 Å². The highest BCUT2D eigenvalue weighted by Crippen LogP contribution is 2.22. The van der Waals surface area contributed by atoms with Crippen LogP contribution in [0, 0.1) is 6.92 Å². The number of hydrogen-bond acceptors (Lipinski definition) is 2. The van der Waals surface area contributed by atoms with E-state index in [-0.39, 0.29) is 0 Å². The predicted molar refractivity (Wildman–Crippen MR) is 61.3 cm³/mol. The molecule has 0 radical (unpaired) electrons. The third-order valence-electron chi connectivity index (χ3n) is 2.62. The molecule has 1 aromatic carbocycles. The smallest absolute Gasteiger partial charge is 0.0594 e. The maximum absolute atomic E-state index is 5.70. The molecule has 15 heavy (non-hydrogen) atoms. The molecule has 0 atom stereocenters. The van der Waals surface area contributed by atoms with Crippen LogP contribution in [0.5, 0.6) is 0 Å². The minimum atomic E-state index is 0.514. The lowest BCUT2D eigenvalue weighted by molar-refractivity contribution is 0.713. The van der Waals surface area contributed by atoms with E-state index in [1.54, 1.807) is 0 Å². The second kappa shape index (κ2) is 3.87. The fourth-order valence-electron chi connectivity index (χ4n) is 1.68. The molecule has 0 amide bonds. The summed E-state index contributed by atoms with van der Waals surface area (Å²) in [5, 5.41) is 4.22. The highest BCUT2D eigenvalue weighted by molar-refractivity contribution is 5.65. The highest BCUT2D eigenvalue weighted by Gasteiger charge is 2.08. The SMILES string of the molecule is Cc1ccc(-c2cnn(C)c2CN)cc1. The van der Waals surface area contributed by atoms with E-state index in [1.165, 1.54) is 11.1 Å². The second-order valence-electron chi connectivity index (χ2n) is 3.70. The van der Waals surface area contributed by atoms with Gasteiger partial charge in [-0.3, -0.25) is 4.68 Å². The van der Waals surface area contributed by atoms with Gasteiger partial charge >= 0.3 is 0 Å². The van der Waals surface area contributed by atoms with Crippen LogP contribution in [0.1, 0.15) is 11.3 Å². The standard InChI is InChI=1S/C12H15N3/c1-9-3-5-10(6-4-9)11-8-14-15(2)12(11)7-13/h3-6,8H,7,13H2,1-2H3. The summed E-state index contributed by atoms with van der Waals surface area (Å²) >= 11 is 0. The third-order valence-corrected chi connectivity index (χ3v) is 2.62. The minimum Gasteiger partial charge on any atom is -0.325 e. The molecule has 0 saturated heterocycles. The molecule has 0 saturated carbocycles. The van der Waals surface area contributed by atoms with Crippen molar-refractivity contribution in [2.24, 2.45) is 12.8 Å². The normalized spacial score (nSPS) is 10.6. The van der Waals surface area contributed by atoms with E-state index in [2.05, 4.69) is 36.3 Å². The molecule has 1 heterocycles. The van der Waals surface area contributed by atoms with Crippen molar-refractivity contribution in [2.45, 2.75) is 13.5 Å². The Morgan fingerprint density at radius 3 is 2.53 bits per heavy atom. The van der Waals surface area contributed by atoms with Crippen LogP contribution < -0.4 is 5.73 Å². The molecule has 1 aromatic heterocycles. The molecule has 0 aliphatic heterocycles. The van der Waals surface area contributed by atoms with E-state index >= 15 is 0 Å². The summed E-state index contributed by atoms with van der Waals surface area (Å²) in [4.78, 5) is 0. The zero-order valence-electron chi connectivity index (χ0n) is 9.07. The molecule has 3 heteroatoms. The summed E-state index contributed by atoms with van der Waals surface area (Å²) in [5.41, 5.74) is 10.3. The van der Waals surface area contributed by atoms with E-state index < -0.39 is 0 Å². The van der Waals surface area contributed by atoms with Gasteiger partial charge in [0, 0.05) is 19.2 Å². The lowest BCUT2D eigenvalue weighted by Crippen LogP contribution is -2.05. The van der Waals surface area contributed by atoms with Crippen LogP contribution in [0.2, 0.25) is 0 Å². The first-order valence-electron chi connectivity index (χ1n) is 5.00. The first-order chi connectivity index (χ1) is 7.22. The van der Waals surface area contributed by atoms with E-state index in [9.17, 15) is 0 Å². The van der Waals surface area contributed by atoms with Crippen molar-refractivity contribution in [3.63, 3.8) is 0 Å². The van der Waals surface area contributed by atoms with Gasteiger partial charge < -0.3 is 5.73 Å². The van der Waals surface area contributed by atoms with Crippen molar-refractivity contribution in [3.8, 4) is 11.1 Å². The van der Waals surface area contributed by atoms with Gasteiger partial charge in [-0.05, 0) is 12.5 Å². The van der Waals surface area contributed by atoms with Crippen molar-refractivity contribution >= 4 is 0 Å². The van der Waals surface area contributed by atoms with Crippen LogP contribution in [-0.2, 0) is 13.6 Å². The lowest BCUT2D eigenvalue weighted by Gasteiger charge is -2.03. The fourth-order valence-corrected chi connectivity index (χ4v) is 1.68. The average Bonchev–Trinajstić information content (AvgIpc) is 2.61. The molecule has 0 aliphatic rings. The van der Waals surface area contributed by atoms with Crippen LogP contribution in [0.4, 0.5) is 0 Å². The first-order valence-corrected chi connectivity index (χ1v) is 5.00. The van der Waals surface area contributed by atoms with Gasteiger partial charge in [-0.1, -0.05) is 29.8 Å². The van der Waals surface area contributed by atoms with Crippen molar-refractivity contribution < 1.29 is 0 Å². The third kappa shape index (κ3) is 1.78. The Morgan fingerprint density at radius 2 is 1.93 bits per heavy atom. The molecule has 3 nitrogen and oxygen atoms in total. The molecule has 0 unspecified atom stereocenters. The van der Waals surface area contributed by atoms with Gasteiger partial charge in [-0.15, -0.1) is 0 Å². The molecule has 2 aromatic rings. The zero-order chi connectivity index (χ0) is 10.8. The van der Waals surface area contributed by atoms with E-state index in [0.717, 1.165) is 11.3 Å². The molecular formula is C12H15N3. The maximum atomic E-state index is 5.70. The molecule has 0 fully saturated rings. The van der Waals surface area contributed by atoms with Crippen LogP contribution >= 0.6 is 0 Å². The van der Waals surface area contributed by atoms with Crippen LogP contribution in [-0.4, -0.2) is 9.78 Å². The Hall–Kier alpha value is -1.61. The number of aromatic nitrogens is 2. The van der Waals surface area contributed by atoms with Crippen molar-refractivity contribution in [3.05, 3.63) is 41.7 Å². The Bertz CT molecular complexity index is 454. The summed E-state index contributed by atoms with van der Waals surface area (Å²) in [6, 6.07) is 8.41. The van der Waals surface area contributed by atoms with Crippen LogP contribution in [0.3, 0.4) is 0 Å². The minimum absolute atomic E-state index is 0.514. The molecule has 0 bridgehead atoms. The molecule has 78 valence electrons. The summed E-state index contributed by atoms with van der Waals surface area (Å²) in [7, 11) is 1.92. The Balaban J connectivity index is 2.49. The largest absolute Gasteiger partial charge is 0.325 e. The molecule has 0 aliphatic carbocycles. The summed E-state index contributed by atoms with van der Waals surface area (Å²) in [5.74, 6) is 0. The maximum Gasteiger partial charge on any atom is 0.0594 e. The van der Waals surface area contributed by atoms with Gasteiger partial charge in [0.1, 0.15) is 0 Å². The number of hydrogen-bond donors (Lipinski definition) is 1. The summed E-state index contributed by atoms with van der Waals surface area (Å²) in [6.45, 7) is 2.59. The summed E-state index contributed by atoms with van der Waals surface area (Å²) in [6.07, 6.45) is 1.87. The van der Waals surface area contributed by atoms with Gasteiger partial charge in [0.15, 0.2) is 0 Å². The number of nitrogens with two attached hydrogens (primary N) is 1. The van der Waals surface area contributed by atoms with Crippen LogP contribution in [0.15, 0.2) is 30.5 Å². The predicted octanol–water partition coefficient (Wildman–Crippen LogP) is 1.85. The summed E-state index contributed by atoms with van der Waals surface area (Å²) < 4.78 is 1.83. The Morgan fingerprint density at radius 1 is 1.27 bits per heavy atom. The number of rotatable bonds is 2. The number of aryl methyl sites for hydroxylation is 2. The highest BCUT2D eigenvalue weighted by atomic mass is 15.3. The molecule has 0 spiro atoms. The molecular weight excluding hydrogens is 186 g/mol. The topological polar surface area (TPSA) is 43.8 Å². The number of benzene rings is 1. The van der Waals surface area contributed by atoms with E-state index in [0.29, 0.717) is 6.54 Å². The average molecular weight is 201 g/mol. The monoisotopic (exact) mass is 201 g/mol. The van der Waals surface area contributed by atoms with E-state index in [4.69, 9.17) is 5.73 Å².